The van der Waals surface area contributed by atoms with E-state index in [1.165, 1.54) is 11.3 Å². The highest BCUT2D eigenvalue weighted by Gasteiger charge is 2.33. The first-order chi connectivity index (χ1) is 15.5. The minimum absolute atomic E-state index is 0.0386. The van der Waals surface area contributed by atoms with Crippen LogP contribution in [0.1, 0.15) is 0 Å². The number of nitrogens with zero attached hydrogens (tertiary/aromatic N) is 3. The Bertz CT molecular complexity index is 1310. The van der Waals surface area contributed by atoms with Crippen molar-refractivity contribution in [3.05, 3.63) is 77.1 Å². The molecule has 0 N–H and O–H groups in total. The molecule has 0 aliphatic carbocycles. The lowest BCUT2D eigenvalue weighted by atomic mass is 10.2. The minimum Gasteiger partial charge on any atom is -0.418 e. The van der Waals surface area contributed by atoms with Crippen molar-refractivity contribution >= 4 is 44.3 Å². The summed E-state index contributed by atoms with van der Waals surface area (Å²) in [6, 6.07) is 19.9. The smallest absolute Gasteiger partial charge is 0.240 e. The number of benzene rings is 2. The molecule has 1 saturated heterocycles. The molecule has 5 rings (SSSR count). The fraction of sp³-hybridized carbons (Fsp3) is 0.174. The first kappa shape index (κ1) is 21.1. The fourth-order valence-corrected chi connectivity index (χ4v) is 5.91. The normalized spacial score (nSPS) is 14.7. The Morgan fingerprint density at radius 1 is 0.906 bits per heavy atom. The van der Waals surface area contributed by atoms with Crippen molar-refractivity contribution in [3.8, 4) is 10.8 Å². The average Bonchev–Trinajstić information content (AvgIpc) is 3.50. The summed E-state index contributed by atoms with van der Waals surface area (Å²) in [6.07, 6.45) is 0. The number of hydrogen-bond acceptors (Lipinski definition) is 7. The van der Waals surface area contributed by atoms with Crippen LogP contribution in [0.5, 0.6) is 0 Å². The Morgan fingerprint density at radius 3 is 2.34 bits per heavy atom. The van der Waals surface area contributed by atoms with Crippen LogP contribution in [0.25, 0.3) is 10.8 Å². The molecule has 2 aromatic carbocycles. The second-order valence-electron chi connectivity index (χ2n) is 7.38. The monoisotopic (exact) mass is 485 g/mol. The number of anilines is 2. The maximum absolute atomic E-state index is 13.4. The minimum atomic E-state index is -3.83. The topological polar surface area (TPSA) is 66.7 Å². The molecule has 0 saturated carbocycles. The SMILES string of the molecule is O=S(=O)(c1ccccc1)c1nc(-c2cccs2)oc1N1CCN(c2cccc(Cl)c2)CC1. The largest absolute Gasteiger partial charge is 0.418 e. The van der Waals surface area contributed by atoms with Crippen molar-refractivity contribution in [1.82, 2.24) is 4.98 Å². The molecule has 9 heteroatoms. The number of oxazole rings is 1. The number of hydrogen-bond donors (Lipinski definition) is 0. The Kier molecular flexibility index (Phi) is 5.67. The van der Waals surface area contributed by atoms with Crippen molar-refractivity contribution in [1.29, 1.82) is 0 Å². The number of thiophene rings is 1. The van der Waals surface area contributed by atoms with Gasteiger partial charge in [0.25, 0.3) is 0 Å². The summed E-state index contributed by atoms with van der Waals surface area (Å²) < 4.78 is 32.9. The number of halogens is 1. The van der Waals surface area contributed by atoms with Gasteiger partial charge < -0.3 is 14.2 Å². The van der Waals surface area contributed by atoms with E-state index in [0.29, 0.717) is 43.0 Å². The van der Waals surface area contributed by atoms with Crippen molar-refractivity contribution in [2.24, 2.45) is 0 Å². The molecule has 0 spiro atoms. The van der Waals surface area contributed by atoms with Gasteiger partial charge in [-0.25, -0.2) is 8.42 Å². The van der Waals surface area contributed by atoms with E-state index in [9.17, 15) is 8.42 Å². The summed E-state index contributed by atoms with van der Waals surface area (Å²) >= 11 is 7.60. The van der Waals surface area contributed by atoms with Crippen LogP contribution >= 0.6 is 22.9 Å². The van der Waals surface area contributed by atoms with Crippen LogP contribution in [0.4, 0.5) is 11.6 Å². The zero-order valence-electron chi connectivity index (χ0n) is 17.0. The summed E-state index contributed by atoms with van der Waals surface area (Å²) in [5, 5.41) is 2.56. The molecule has 6 nitrogen and oxygen atoms in total. The van der Waals surface area contributed by atoms with Gasteiger partial charge in [0, 0.05) is 36.9 Å². The van der Waals surface area contributed by atoms with Gasteiger partial charge in [-0.15, -0.1) is 11.3 Å². The van der Waals surface area contributed by atoms with Crippen molar-refractivity contribution < 1.29 is 12.8 Å². The van der Waals surface area contributed by atoms with Gasteiger partial charge in [-0.2, -0.15) is 4.98 Å². The van der Waals surface area contributed by atoms with Crippen LogP contribution in [-0.2, 0) is 9.84 Å². The number of aromatic nitrogens is 1. The molecule has 1 aliphatic rings. The van der Waals surface area contributed by atoms with E-state index in [-0.39, 0.29) is 9.92 Å². The standard InChI is InChI=1S/C23H20ClN3O3S2/c24-17-6-4-7-18(16-17)26-11-13-27(14-12-26)23-22(25-21(30-23)20-10-5-15-31-20)32(28,29)19-8-2-1-3-9-19/h1-10,15-16H,11-14H2. The van der Waals surface area contributed by atoms with Gasteiger partial charge >= 0.3 is 0 Å². The van der Waals surface area contributed by atoms with Gasteiger partial charge in [0.15, 0.2) is 0 Å². The zero-order chi connectivity index (χ0) is 22.1. The van der Waals surface area contributed by atoms with E-state index < -0.39 is 9.84 Å². The maximum atomic E-state index is 13.4. The molecule has 3 heterocycles. The van der Waals surface area contributed by atoms with E-state index in [2.05, 4.69) is 9.88 Å². The maximum Gasteiger partial charge on any atom is 0.240 e. The molecule has 1 fully saturated rings. The molecular weight excluding hydrogens is 466 g/mol. The van der Waals surface area contributed by atoms with E-state index in [0.717, 1.165) is 10.6 Å². The van der Waals surface area contributed by atoms with Crippen LogP contribution in [0.2, 0.25) is 5.02 Å². The van der Waals surface area contributed by atoms with Crippen molar-refractivity contribution in [2.45, 2.75) is 9.92 Å². The summed E-state index contributed by atoms with van der Waals surface area (Å²) in [5.41, 5.74) is 1.05. The second kappa shape index (κ2) is 8.61. The Hall–Kier alpha value is -2.81. The third-order valence-electron chi connectivity index (χ3n) is 5.36. The third kappa shape index (κ3) is 4.01. The predicted octanol–water partition coefficient (Wildman–Crippen LogP) is 5.22. The van der Waals surface area contributed by atoms with Gasteiger partial charge in [0.1, 0.15) is 0 Å². The zero-order valence-corrected chi connectivity index (χ0v) is 19.4. The van der Waals surface area contributed by atoms with E-state index in [1.54, 1.807) is 30.3 Å². The summed E-state index contributed by atoms with van der Waals surface area (Å²) in [7, 11) is -3.83. The van der Waals surface area contributed by atoms with Crippen molar-refractivity contribution in [2.75, 3.05) is 36.0 Å². The van der Waals surface area contributed by atoms with Crippen LogP contribution < -0.4 is 9.80 Å². The molecule has 32 heavy (non-hydrogen) atoms. The van der Waals surface area contributed by atoms with E-state index >= 15 is 0 Å². The molecular formula is C23H20ClN3O3S2. The average molecular weight is 486 g/mol. The first-order valence-corrected chi connectivity index (χ1v) is 12.9. The highest BCUT2D eigenvalue weighted by Crippen LogP contribution is 2.36. The molecule has 0 atom stereocenters. The molecule has 164 valence electrons. The number of rotatable bonds is 5. The molecule has 0 unspecified atom stereocenters. The highest BCUT2D eigenvalue weighted by atomic mass is 35.5. The Labute approximate surface area is 195 Å². The lowest BCUT2D eigenvalue weighted by Crippen LogP contribution is -2.46. The van der Waals surface area contributed by atoms with Gasteiger partial charge in [-0.1, -0.05) is 41.9 Å². The summed E-state index contributed by atoms with van der Waals surface area (Å²) in [4.78, 5) is 9.62. The quantitative estimate of drug-likeness (QED) is 0.386. The lowest BCUT2D eigenvalue weighted by molar-refractivity contribution is 0.526. The van der Waals surface area contributed by atoms with Crippen LogP contribution in [0.15, 0.2) is 86.4 Å². The van der Waals surface area contributed by atoms with Crippen LogP contribution in [0, 0.1) is 0 Å². The molecule has 2 aromatic heterocycles. The van der Waals surface area contributed by atoms with Gasteiger partial charge in [0.2, 0.25) is 26.6 Å². The summed E-state index contributed by atoms with van der Waals surface area (Å²) in [6.45, 7) is 2.62. The van der Waals surface area contributed by atoms with Gasteiger partial charge in [-0.3, -0.25) is 0 Å². The van der Waals surface area contributed by atoms with Crippen molar-refractivity contribution in [3.63, 3.8) is 0 Å². The first-order valence-electron chi connectivity index (χ1n) is 10.1. The van der Waals surface area contributed by atoms with E-state index in [4.69, 9.17) is 16.0 Å². The number of piperazine rings is 1. The highest BCUT2D eigenvalue weighted by molar-refractivity contribution is 7.91. The molecule has 0 amide bonds. The van der Waals surface area contributed by atoms with Gasteiger partial charge in [-0.05, 0) is 41.8 Å². The molecule has 1 aliphatic heterocycles. The molecule has 0 radical (unpaired) electrons. The lowest BCUT2D eigenvalue weighted by Gasteiger charge is -2.36. The second-order valence-corrected chi connectivity index (χ2v) is 10.6. The Morgan fingerprint density at radius 2 is 1.66 bits per heavy atom. The Balaban J connectivity index is 1.48. The van der Waals surface area contributed by atoms with Crippen LogP contribution in [-0.4, -0.2) is 39.6 Å². The predicted molar refractivity (Wildman–Crippen MR) is 128 cm³/mol. The molecule has 4 aromatic rings. The summed E-state index contributed by atoms with van der Waals surface area (Å²) in [5.74, 6) is 0.616. The van der Waals surface area contributed by atoms with Crippen LogP contribution in [0.3, 0.4) is 0 Å². The third-order valence-corrected chi connectivity index (χ3v) is 8.12. The van der Waals surface area contributed by atoms with E-state index in [1.807, 2.05) is 46.7 Å². The fourth-order valence-electron chi connectivity index (χ4n) is 3.73. The number of sulfone groups is 1. The molecule has 0 bridgehead atoms. The van der Waals surface area contributed by atoms with Gasteiger partial charge in [0.05, 0.1) is 9.77 Å².